The summed E-state index contributed by atoms with van der Waals surface area (Å²) in [5.41, 5.74) is 3.00. The van der Waals surface area contributed by atoms with Crippen LogP contribution < -0.4 is 0 Å². The fourth-order valence-corrected chi connectivity index (χ4v) is 7.22. The molecule has 0 saturated heterocycles. The number of rotatable bonds is 37. The van der Waals surface area contributed by atoms with Crippen LogP contribution in [0.3, 0.4) is 0 Å². The first-order chi connectivity index (χ1) is 27.5. The Morgan fingerprint density at radius 3 is 1.12 bits per heavy atom. The standard InChI is InChI=1S/C50H80O6/c1-3-5-7-9-11-13-15-17-19-21-23-25-27-32-36-49(52)55-43-47(56-50(53)41-44-37-39-46(40-38-44)45-33-29-28-30-34-45)42-54-48(51)35-31-26-24-22-20-18-16-14-12-10-8-6-4-2/h28-30,33-34,37-40,47H,3-27,31-32,35-36,41-43H2,1-2H3. The minimum Gasteiger partial charge on any atom is -0.462 e. The van der Waals surface area contributed by atoms with Crippen LogP contribution in [0.2, 0.25) is 0 Å². The molecule has 316 valence electrons. The predicted molar refractivity (Wildman–Crippen MR) is 233 cm³/mol. The van der Waals surface area contributed by atoms with Crippen molar-refractivity contribution in [2.24, 2.45) is 0 Å². The predicted octanol–water partition coefficient (Wildman–Crippen LogP) is 14.2. The lowest BCUT2D eigenvalue weighted by atomic mass is 10.0. The van der Waals surface area contributed by atoms with E-state index in [-0.39, 0.29) is 31.6 Å². The van der Waals surface area contributed by atoms with E-state index in [9.17, 15) is 14.4 Å². The van der Waals surface area contributed by atoms with Gasteiger partial charge in [0.05, 0.1) is 6.42 Å². The molecule has 0 heterocycles. The minimum atomic E-state index is -0.845. The van der Waals surface area contributed by atoms with Crippen LogP contribution in [0.25, 0.3) is 11.1 Å². The van der Waals surface area contributed by atoms with Gasteiger partial charge in [0.15, 0.2) is 6.10 Å². The largest absolute Gasteiger partial charge is 0.462 e. The molecule has 56 heavy (non-hydrogen) atoms. The lowest BCUT2D eigenvalue weighted by Gasteiger charge is -2.18. The Kier molecular flexibility index (Phi) is 30.7. The third-order valence-electron chi connectivity index (χ3n) is 10.8. The highest BCUT2D eigenvalue weighted by Crippen LogP contribution is 2.20. The fourth-order valence-electron chi connectivity index (χ4n) is 7.22. The van der Waals surface area contributed by atoms with Crippen LogP contribution in [0.5, 0.6) is 0 Å². The molecule has 0 aliphatic rings. The summed E-state index contributed by atoms with van der Waals surface area (Å²) in [5, 5.41) is 0. The second-order valence-electron chi connectivity index (χ2n) is 16.1. The molecule has 0 spiro atoms. The SMILES string of the molecule is CCCCCCCCCCCCCCCCC(=O)OCC(COC(=O)CCCCCCCCCCCCCCC)OC(=O)Cc1ccc(-c2ccccc2)cc1. The maximum Gasteiger partial charge on any atom is 0.310 e. The average molecular weight is 777 g/mol. The van der Waals surface area contributed by atoms with Crippen LogP contribution in [-0.2, 0) is 35.0 Å². The Hall–Kier alpha value is -3.15. The average Bonchev–Trinajstić information content (AvgIpc) is 3.21. The van der Waals surface area contributed by atoms with Crippen molar-refractivity contribution in [1.82, 2.24) is 0 Å². The Morgan fingerprint density at radius 1 is 0.411 bits per heavy atom. The van der Waals surface area contributed by atoms with E-state index in [0.29, 0.717) is 12.8 Å². The first-order valence-electron chi connectivity index (χ1n) is 23.2. The van der Waals surface area contributed by atoms with Gasteiger partial charge in [-0.05, 0) is 29.5 Å². The van der Waals surface area contributed by atoms with E-state index in [1.165, 1.54) is 135 Å². The van der Waals surface area contributed by atoms with Crippen LogP contribution in [0, 0.1) is 0 Å². The van der Waals surface area contributed by atoms with Gasteiger partial charge in [-0.1, -0.05) is 229 Å². The quantitative estimate of drug-likeness (QED) is 0.0386. The van der Waals surface area contributed by atoms with Gasteiger partial charge in [-0.3, -0.25) is 14.4 Å². The molecule has 1 atom stereocenters. The van der Waals surface area contributed by atoms with Gasteiger partial charge in [-0.25, -0.2) is 0 Å². The van der Waals surface area contributed by atoms with Crippen LogP contribution in [-0.4, -0.2) is 37.2 Å². The molecule has 6 heteroatoms. The molecule has 0 fully saturated rings. The first kappa shape index (κ1) is 49.0. The summed E-state index contributed by atoms with van der Waals surface area (Å²) in [4.78, 5) is 38.2. The number of hydrogen-bond acceptors (Lipinski definition) is 6. The molecule has 0 radical (unpaired) electrons. The minimum absolute atomic E-state index is 0.0749. The van der Waals surface area contributed by atoms with E-state index in [1.807, 2.05) is 42.5 Å². The van der Waals surface area contributed by atoms with Gasteiger partial charge in [0.2, 0.25) is 0 Å². The second-order valence-corrected chi connectivity index (χ2v) is 16.1. The van der Waals surface area contributed by atoms with E-state index in [0.717, 1.165) is 55.2 Å². The molecule has 0 amide bonds. The van der Waals surface area contributed by atoms with Gasteiger partial charge in [0, 0.05) is 12.8 Å². The van der Waals surface area contributed by atoms with Crippen molar-refractivity contribution < 1.29 is 28.6 Å². The summed E-state index contributed by atoms with van der Waals surface area (Å²) >= 11 is 0. The molecule has 2 aromatic rings. The molecule has 1 unspecified atom stereocenters. The molecular formula is C50H80O6. The highest BCUT2D eigenvalue weighted by Gasteiger charge is 2.20. The van der Waals surface area contributed by atoms with Crippen molar-refractivity contribution in [2.75, 3.05) is 13.2 Å². The van der Waals surface area contributed by atoms with Crippen molar-refractivity contribution in [3.05, 3.63) is 60.2 Å². The Balaban J connectivity index is 1.67. The van der Waals surface area contributed by atoms with Gasteiger partial charge >= 0.3 is 17.9 Å². The third-order valence-corrected chi connectivity index (χ3v) is 10.8. The molecule has 0 aliphatic carbocycles. The normalized spacial score (nSPS) is 11.7. The van der Waals surface area contributed by atoms with Gasteiger partial charge in [0.1, 0.15) is 13.2 Å². The summed E-state index contributed by atoms with van der Waals surface area (Å²) in [6.45, 7) is 4.28. The molecular weight excluding hydrogens is 697 g/mol. The highest BCUT2D eigenvalue weighted by molar-refractivity contribution is 5.74. The van der Waals surface area contributed by atoms with Gasteiger partial charge < -0.3 is 14.2 Å². The highest BCUT2D eigenvalue weighted by atomic mass is 16.6. The molecule has 0 N–H and O–H groups in total. The van der Waals surface area contributed by atoms with Crippen LogP contribution in [0.4, 0.5) is 0 Å². The Labute approximate surface area is 342 Å². The van der Waals surface area contributed by atoms with Gasteiger partial charge in [-0.15, -0.1) is 0 Å². The van der Waals surface area contributed by atoms with Crippen molar-refractivity contribution in [1.29, 1.82) is 0 Å². The molecule has 0 bridgehead atoms. The lowest BCUT2D eigenvalue weighted by Crippen LogP contribution is -2.31. The van der Waals surface area contributed by atoms with Crippen LogP contribution >= 0.6 is 0 Å². The maximum atomic E-state index is 13.0. The smallest absolute Gasteiger partial charge is 0.310 e. The zero-order chi connectivity index (χ0) is 40.2. The zero-order valence-corrected chi connectivity index (χ0v) is 35.9. The Morgan fingerprint density at radius 2 is 0.750 bits per heavy atom. The number of ether oxygens (including phenoxy) is 3. The topological polar surface area (TPSA) is 78.9 Å². The molecule has 0 saturated carbocycles. The fraction of sp³-hybridized carbons (Fsp3) is 0.700. The van der Waals surface area contributed by atoms with Gasteiger partial charge in [0.25, 0.3) is 0 Å². The number of unbranched alkanes of at least 4 members (excludes halogenated alkanes) is 25. The van der Waals surface area contributed by atoms with Crippen LogP contribution in [0.15, 0.2) is 54.6 Å². The first-order valence-corrected chi connectivity index (χ1v) is 23.2. The molecule has 2 aromatic carbocycles. The lowest BCUT2D eigenvalue weighted by molar-refractivity contribution is -0.166. The van der Waals surface area contributed by atoms with Crippen molar-refractivity contribution >= 4 is 17.9 Å². The van der Waals surface area contributed by atoms with E-state index in [1.54, 1.807) is 0 Å². The monoisotopic (exact) mass is 777 g/mol. The van der Waals surface area contributed by atoms with Crippen molar-refractivity contribution in [3.8, 4) is 11.1 Å². The summed E-state index contributed by atoms with van der Waals surface area (Å²) < 4.78 is 16.8. The second kappa shape index (κ2) is 35.0. The molecule has 2 rings (SSSR count). The molecule has 0 aromatic heterocycles. The van der Waals surface area contributed by atoms with E-state index < -0.39 is 12.1 Å². The van der Waals surface area contributed by atoms with E-state index >= 15 is 0 Å². The van der Waals surface area contributed by atoms with Gasteiger partial charge in [-0.2, -0.15) is 0 Å². The zero-order valence-electron chi connectivity index (χ0n) is 35.9. The summed E-state index contributed by atoms with van der Waals surface area (Å²) in [6, 6.07) is 17.9. The van der Waals surface area contributed by atoms with E-state index in [4.69, 9.17) is 14.2 Å². The number of esters is 3. The third kappa shape index (κ3) is 27.4. The summed E-state index contributed by atoms with van der Waals surface area (Å²) in [5.74, 6) is -1.06. The summed E-state index contributed by atoms with van der Waals surface area (Å²) in [7, 11) is 0. The number of benzene rings is 2. The maximum absolute atomic E-state index is 13.0. The Bertz CT molecular complexity index is 1230. The number of hydrogen-bond donors (Lipinski definition) is 0. The number of carbonyl (C=O) groups is 3. The van der Waals surface area contributed by atoms with E-state index in [2.05, 4.69) is 26.0 Å². The van der Waals surface area contributed by atoms with Crippen molar-refractivity contribution in [3.63, 3.8) is 0 Å². The number of carbonyl (C=O) groups excluding carboxylic acids is 3. The summed E-state index contributed by atoms with van der Waals surface area (Å²) in [6.07, 6.45) is 33.7. The molecule has 6 nitrogen and oxygen atoms in total. The van der Waals surface area contributed by atoms with Crippen LogP contribution in [0.1, 0.15) is 206 Å². The molecule has 0 aliphatic heterocycles. The van der Waals surface area contributed by atoms with Crippen molar-refractivity contribution in [2.45, 2.75) is 213 Å².